The number of nitrogen functional groups attached to an aromatic ring is 1. The van der Waals surface area contributed by atoms with Gasteiger partial charge in [0.15, 0.2) is 12.4 Å². The Kier molecular flexibility index (Phi) is 7.00. The van der Waals surface area contributed by atoms with Gasteiger partial charge in [0.2, 0.25) is 5.95 Å². The maximum atomic E-state index is 12.7. The minimum Gasteiger partial charge on any atom is -0.484 e. The van der Waals surface area contributed by atoms with Gasteiger partial charge in [0.25, 0.3) is 5.91 Å². The number of benzene rings is 2. The Morgan fingerprint density at radius 3 is 2.36 bits per heavy atom. The first-order valence-corrected chi connectivity index (χ1v) is 12.3. The van der Waals surface area contributed by atoms with Gasteiger partial charge in [-0.15, -0.1) is 0 Å². The molecule has 4 aromatic rings. The Bertz CT molecular complexity index is 1430. The topological polar surface area (TPSA) is 97.5 Å². The summed E-state index contributed by atoms with van der Waals surface area (Å²) < 4.78 is 5.60. The second-order valence-corrected chi connectivity index (χ2v) is 9.48. The highest BCUT2D eigenvalue weighted by atomic mass is 35.5. The SMILES string of the molecule is Nc1nc(N2CCN(C(=O)COc3ccc(Cl)cc3)CC2)c2nc(-c3cc(Cl)ccc3Cl)ccc2n1. The highest BCUT2D eigenvalue weighted by Gasteiger charge is 2.25. The number of aromatic nitrogens is 3. The van der Waals surface area contributed by atoms with Crippen LogP contribution in [0.25, 0.3) is 22.3 Å². The number of ether oxygens (including phenoxy) is 1. The highest BCUT2D eigenvalue weighted by molar-refractivity contribution is 6.35. The zero-order valence-electron chi connectivity index (χ0n) is 19.0. The lowest BCUT2D eigenvalue weighted by molar-refractivity contribution is -0.133. The van der Waals surface area contributed by atoms with Gasteiger partial charge in [0.05, 0.1) is 16.2 Å². The van der Waals surface area contributed by atoms with E-state index in [0.29, 0.717) is 75.1 Å². The highest BCUT2D eigenvalue weighted by Crippen LogP contribution is 2.32. The molecule has 3 heterocycles. The van der Waals surface area contributed by atoms with Crippen LogP contribution >= 0.6 is 34.8 Å². The standard InChI is InChI=1S/C25H21Cl3N6O2/c26-15-1-4-17(5-2-15)36-14-22(35)33-9-11-34(12-10-33)24-23-21(31-25(29)32-24)8-7-20(30-23)18-13-16(27)3-6-19(18)28/h1-8,13H,9-12,14H2,(H2,29,31,32). The van der Waals surface area contributed by atoms with Crippen molar-refractivity contribution in [2.24, 2.45) is 0 Å². The number of hydrogen-bond donors (Lipinski definition) is 1. The first-order valence-electron chi connectivity index (χ1n) is 11.2. The lowest BCUT2D eigenvalue weighted by Crippen LogP contribution is -2.50. The molecule has 0 unspecified atom stereocenters. The van der Waals surface area contributed by atoms with E-state index in [1.54, 1.807) is 47.4 Å². The van der Waals surface area contributed by atoms with Gasteiger partial charge in [-0.1, -0.05) is 34.8 Å². The average molecular weight is 544 g/mol. The van der Waals surface area contributed by atoms with Crippen molar-refractivity contribution < 1.29 is 9.53 Å². The van der Waals surface area contributed by atoms with Crippen LogP contribution in [0.2, 0.25) is 15.1 Å². The third-order valence-electron chi connectivity index (χ3n) is 5.85. The molecular formula is C25H21Cl3N6O2. The molecule has 1 fully saturated rings. The van der Waals surface area contributed by atoms with Crippen molar-refractivity contribution in [2.45, 2.75) is 0 Å². The number of anilines is 2. The number of carbonyl (C=O) groups is 1. The molecule has 11 heteroatoms. The largest absolute Gasteiger partial charge is 0.484 e. The monoisotopic (exact) mass is 542 g/mol. The molecule has 0 atom stereocenters. The Morgan fingerprint density at radius 1 is 0.889 bits per heavy atom. The van der Waals surface area contributed by atoms with Crippen LogP contribution in [0.1, 0.15) is 0 Å². The number of amides is 1. The summed E-state index contributed by atoms with van der Waals surface area (Å²) in [5.74, 6) is 1.27. The van der Waals surface area contributed by atoms with Gasteiger partial charge >= 0.3 is 0 Å². The van der Waals surface area contributed by atoms with E-state index < -0.39 is 0 Å². The molecule has 0 radical (unpaired) electrons. The molecule has 36 heavy (non-hydrogen) atoms. The predicted molar refractivity (Wildman–Crippen MR) is 143 cm³/mol. The van der Waals surface area contributed by atoms with Gasteiger partial charge in [-0.25, -0.2) is 9.97 Å². The van der Waals surface area contributed by atoms with Crippen LogP contribution in [-0.2, 0) is 4.79 Å². The Labute approximate surface area is 222 Å². The van der Waals surface area contributed by atoms with E-state index in [0.717, 1.165) is 0 Å². The smallest absolute Gasteiger partial charge is 0.260 e. The third-order valence-corrected chi connectivity index (χ3v) is 6.67. The zero-order chi connectivity index (χ0) is 25.2. The van der Waals surface area contributed by atoms with Gasteiger partial charge in [-0.05, 0) is 54.6 Å². The molecule has 8 nitrogen and oxygen atoms in total. The van der Waals surface area contributed by atoms with E-state index >= 15 is 0 Å². The van der Waals surface area contributed by atoms with Gasteiger partial charge < -0.3 is 20.3 Å². The molecule has 0 aliphatic carbocycles. The molecule has 184 valence electrons. The van der Waals surface area contributed by atoms with Crippen molar-refractivity contribution in [2.75, 3.05) is 43.4 Å². The van der Waals surface area contributed by atoms with Crippen LogP contribution in [0.3, 0.4) is 0 Å². The summed E-state index contributed by atoms with van der Waals surface area (Å²) in [6, 6.07) is 15.8. The number of pyridine rings is 1. The van der Waals surface area contributed by atoms with Crippen molar-refractivity contribution in [1.82, 2.24) is 19.9 Å². The zero-order valence-corrected chi connectivity index (χ0v) is 21.3. The fourth-order valence-electron chi connectivity index (χ4n) is 4.02. The maximum Gasteiger partial charge on any atom is 0.260 e. The molecule has 0 spiro atoms. The predicted octanol–water partition coefficient (Wildman–Crippen LogP) is 4.96. The van der Waals surface area contributed by atoms with E-state index in [1.165, 1.54) is 0 Å². The number of nitrogens with two attached hydrogens (primary N) is 1. The number of halogens is 3. The van der Waals surface area contributed by atoms with Crippen LogP contribution < -0.4 is 15.4 Å². The van der Waals surface area contributed by atoms with Crippen molar-refractivity contribution >= 4 is 63.5 Å². The van der Waals surface area contributed by atoms with Gasteiger partial charge in [-0.3, -0.25) is 4.79 Å². The molecule has 0 bridgehead atoms. The van der Waals surface area contributed by atoms with E-state index in [1.807, 2.05) is 12.1 Å². The van der Waals surface area contributed by atoms with Crippen molar-refractivity contribution in [3.63, 3.8) is 0 Å². The number of fused-ring (bicyclic) bond motifs is 1. The number of hydrogen-bond acceptors (Lipinski definition) is 7. The summed E-state index contributed by atoms with van der Waals surface area (Å²) in [6.45, 7) is 2.09. The summed E-state index contributed by atoms with van der Waals surface area (Å²) in [5.41, 5.74) is 8.58. The molecule has 5 rings (SSSR count). The Hall–Kier alpha value is -3.33. The Morgan fingerprint density at radius 2 is 1.61 bits per heavy atom. The van der Waals surface area contributed by atoms with Gasteiger partial charge in [0, 0.05) is 41.8 Å². The quantitative estimate of drug-likeness (QED) is 0.380. The molecule has 2 aromatic heterocycles. The second kappa shape index (κ2) is 10.3. The van der Waals surface area contributed by atoms with Crippen molar-refractivity contribution in [3.05, 3.63) is 69.7 Å². The fourth-order valence-corrected chi connectivity index (χ4v) is 4.53. The summed E-state index contributed by atoms with van der Waals surface area (Å²) in [4.78, 5) is 30.1. The maximum absolute atomic E-state index is 12.7. The van der Waals surface area contributed by atoms with E-state index in [2.05, 4.69) is 14.9 Å². The van der Waals surface area contributed by atoms with Crippen LogP contribution in [0.5, 0.6) is 5.75 Å². The van der Waals surface area contributed by atoms with Crippen molar-refractivity contribution in [3.8, 4) is 17.0 Å². The minimum absolute atomic E-state index is 0.0453. The lowest BCUT2D eigenvalue weighted by Gasteiger charge is -2.35. The molecule has 2 N–H and O–H groups in total. The minimum atomic E-state index is -0.0901. The molecule has 0 saturated carbocycles. The molecule has 1 aliphatic heterocycles. The number of nitrogens with zero attached hydrogens (tertiary/aromatic N) is 5. The first kappa shape index (κ1) is 24.4. The van der Waals surface area contributed by atoms with Crippen molar-refractivity contribution in [1.29, 1.82) is 0 Å². The number of carbonyl (C=O) groups excluding carboxylic acids is 1. The van der Waals surface area contributed by atoms with Crippen LogP contribution in [0.4, 0.5) is 11.8 Å². The molecular weight excluding hydrogens is 523 g/mol. The van der Waals surface area contributed by atoms with Crippen LogP contribution in [0, 0.1) is 0 Å². The average Bonchev–Trinajstić information content (AvgIpc) is 2.89. The second-order valence-electron chi connectivity index (χ2n) is 8.20. The normalized spacial score (nSPS) is 13.8. The summed E-state index contributed by atoms with van der Waals surface area (Å²) in [6.07, 6.45) is 0. The number of rotatable bonds is 5. The van der Waals surface area contributed by atoms with E-state index in [9.17, 15) is 4.79 Å². The molecule has 1 saturated heterocycles. The lowest BCUT2D eigenvalue weighted by atomic mass is 10.1. The number of piperazine rings is 1. The van der Waals surface area contributed by atoms with Crippen LogP contribution in [0.15, 0.2) is 54.6 Å². The third kappa shape index (κ3) is 5.26. The summed E-state index contributed by atoms with van der Waals surface area (Å²) in [7, 11) is 0. The molecule has 1 aliphatic rings. The summed E-state index contributed by atoms with van der Waals surface area (Å²) >= 11 is 18.5. The first-order chi connectivity index (χ1) is 17.4. The van der Waals surface area contributed by atoms with Crippen LogP contribution in [-0.4, -0.2) is 58.5 Å². The van der Waals surface area contributed by atoms with E-state index in [4.69, 9.17) is 50.3 Å². The van der Waals surface area contributed by atoms with E-state index in [-0.39, 0.29) is 18.5 Å². The van der Waals surface area contributed by atoms with Gasteiger partial charge in [-0.2, -0.15) is 4.98 Å². The molecule has 1 amide bonds. The molecule has 2 aromatic carbocycles. The Balaban J connectivity index is 1.33. The fraction of sp³-hybridized carbons (Fsp3) is 0.200. The van der Waals surface area contributed by atoms with Gasteiger partial charge in [0.1, 0.15) is 11.3 Å². The summed E-state index contributed by atoms with van der Waals surface area (Å²) in [5, 5.41) is 1.71.